The summed E-state index contributed by atoms with van der Waals surface area (Å²) >= 11 is 12.1. The van der Waals surface area contributed by atoms with Crippen LogP contribution in [0.15, 0.2) is 30.3 Å². The predicted octanol–water partition coefficient (Wildman–Crippen LogP) is 4.94. The van der Waals surface area contributed by atoms with E-state index in [0.29, 0.717) is 11.4 Å². The lowest BCUT2D eigenvalue weighted by molar-refractivity contribution is 0.469. The maximum atomic E-state index is 13.2. The molecule has 1 aliphatic rings. The molecule has 20 heavy (non-hydrogen) atoms. The lowest BCUT2D eigenvalue weighted by atomic mass is 10.1. The Labute approximate surface area is 126 Å². The van der Waals surface area contributed by atoms with Crippen LogP contribution in [0.5, 0.6) is 5.75 Å². The fourth-order valence-corrected chi connectivity index (χ4v) is 3.21. The van der Waals surface area contributed by atoms with E-state index < -0.39 is 5.82 Å². The second-order valence-electron chi connectivity index (χ2n) is 4.82. The van der Waals surface area contributed by atoms with E-state index in [2.05, 4.69) is 5.32 Å². The first-order chi connectivity index (χ1) is 9.56. The molecular formula is C15H12Cl2FNO. The number of rotatable bonds is 2. The molecule has 2 aromatic carbocycles. The van der Waals surface area contributed by atoms with Crippen LogP contribution in [0.3, 0.4) is 0 Å². The lowest BCUT2D eigenvalue weighted by Gasteiger charge is -2.18. The summed E-state index contributed by atoms with van der Waals surface area (Å²) < 4.78 is 13.2. The van der Waals surface area contributed by atoms with Gasteiger partial charge in [0.25, 0.3) is 0 Å². The monoisotopic (exact) mass is 311 g/mol. The van der Waals surface area contributed by atoms with E-state index in [1.807, 2.05) is 12.1 Å². The molecule has 1 atom stereocenters. The van der Waals surface area contributed by atoms with Crippen LogP contribution in [0.2, 0.25) is 10.0 Å². The molecule has 2 aromatic rings. The molecule has 0 amide bonds. The quantitative estimate of drug-likeness (QED) is 0.823. The van der Waals surface area contributed by atoms with Crippen molar-refractivity contribution in [2.24, 2.45) is 0 Å². The minimum absolute atomic E-state index is 0.0116. The zero-order valence-corrected chi connectivity index (χ0v) is 12.0. The van der Waals surface area contributed by atoms with Gasteiger partial charge in [0.2, 0.25) is 0 Å². The Morgan fingerprint density at radius 1 is 1.20 bits per heavy atom. The highest BCUT2D eigenvalue weighted by Gasteiger charge is 2.25. The number of fused-ring (bicyclic) bond motifs is 1. The second-order valence-corrected chi connectivity index (χ2v) is 5.64. The zero-order valence-electron chi connectivity index (χ0n) is 10.5. The Morgan fingerprint density at radius 2 is 1.90 bits per heavy atom. The van der Waals surface area contributed by atoms with E-state index in [1.165, 1.54) is 12.1 Å². The van der Waals surface area contributed by atoms with Crippen molar-refractivity contribution in [3.8, 4) is 5.75 Å². The average Bonchev–Trinajstić information content (AvgIpc) is 2.78. The number of hydrogen-bond donors (Lipinski definition) is 2. The smallest absolute Gasteiger partial charge is 0.126 e. The third-order valence-electron chi connectivity index (χ3n) is 3.57. The van der Waals surface area contributed by atoms with Crippen molar-refractivity contribution in [3.63, 3.8) is 0 Å². The van der Waals surface area contributed by atoms with E-state index in [9.17, 15) is 9.50 Å². The van der Waals surface area contributed by atoms with Crippen LogP contribution in [0.4, 0.5) is 10.1 Å². The molecule has 0 bridgehead atoms. The van der Waals surface area contributed by atoms with E-state index in [4.69, 9.17) is 23.2 Å². The van der Waals surface area contributed by atoms with E-state index in [0.717, 1.165) is 24.0 Å². The summed E-state index contributed by atoms with van der Waals surface area (Å²) in [4.78, 5) is 0. The summed E-state index contributed by atoms with van der Waals surface area (Å²) in [5.41, 5.74) is 2.50. The summed E-state index contributed by atoms with van der Waals surface area (Å²) in [7, 11) is 0. The van der Waals surface area contributed by atoms with Crippen LogP contribution in [-0.4, -0.2) is 5.11 Å². The van der Waals surface area contributed by atoms with Crippen LogP contribution in [-0.2, 0) is 6.42 Å². The molecule has 0 saturated carbocycles. The van der Waals surface area contributed by atoms with Gasteiger partial charge >= 0.3 is 0 Å². The van der Waals surface area contributed by atoms with E-state index in [1.54, 1.807) is 6.07 Å². The van der Waals surface area contributed by atoms with Crippen molar-refractivity contribution in [2.45, 2.75) is 18.9 Å². The third-order valence-corrected chi connectivity index (χ3v) is 4.17. The van der Waals surface area contributed by atoms with Gasteiger partial charge in [-0.05, 0) is 42.2 Å². The van der Waals surface area contributed by atoms with Crippen LogP contribution in [0.1, 0.15) is 23.6 Å². The number of aromatic hydroxyl groups is 1. The first-order valence-corrected chi connectivity index (χ1v) is 7.03. The molecule has 0 fully saturated rings. The first-order valence-electron chi connectivity index (χ1n) is 6.28. The second kappa shape index (κ2) is 5.15. The largest absolute Gasteiger partial charge is 0.508 e. The number of halogens is 3. The molecule has 3 rings (SSSR count). The molecule has 1 unspecified atom stereocenters. The normalized spacial score (nSPS) is 17.1. The third kappa shape index (κ3) is 2.32. The van der Waals surface area contributed by atoms with Gasteiger partial charge in [-0.15, -0.1) is 0 Å². The fraction of sp³-hybridized carbons (Fsp3) is 0.200. The summed E-state index contributed by atoms with van der Waals surface area (Å²) in [5, 5.41) is 13.6. The Kier molecular flexibility index (Phi) is 3.48. The molecule has 0 radical (unpaired) electrons. The topological polar surface area (TPSA) is 32.3 Å². The van der Waals surface area contributed by atoms with Crippen LogP contribution < -0.4 is 5.32 Å². The minimum atomic E-state index is -0.463. The number of nitrogens with one attached hydrogen (secondary N) is 1. The summed E-state index contributed by atoms with van der Waals surface area (Å²) in [6, 6.07) is 7.92. The van der Waals surface area contributed by atoms with Crippen molar-refractivity contribution in [3.05, 3.63) is 57.3 Å². The van der Waals surface area contributed by atoms with Crippen molar-refractivity contribution >= 4 is 28.9 Å². The summed E-state index contributed by atoms with van der Waals surface area (Å²) in [5.74, 6) is -0.155. The molecule has 104 valence electrons. The van der Waals surface area contributed by atoms with Crippen LogP contribution >= 0.6 is 23.2 Å². The van der Waals surface area contributed by atoms with Crippen molar-refractivity contribution in [1.82, 2.24) is 0 Å². The molecule has 2 nitrogen and oxygen atoms in total. The average molecular weight is 312 g/mol. The van der Waals surface area contributed by atoms with Gasteiger partial charge in [0.05, 0.1) is 21.8 Å². The predicted molar refractivity (Wildman–Crippen MR) is 79.2 cm³/mol. The van der Waals surface area contributed by atoms with Gasteiger partial charge in [-0.1, -0.05) is 35.3 Å². The Bertz CT molecular complexity index is 652. The van der Waals surface area contributed by atoms with Gasteiger partial charge < -0.3 is 10.4 Å². The Balaban J connectivity index is 1.94. The molecule has 0 aliphatic heterocycles. The molecule has 1 aliphatic carbocycles. The highest BCUT2D eigenvalue weighted by atomic mass is 35.5. The molecule has 0 spiro atoms. The minimum Gasteiger partial charge on any atom is -0.508 e. The fourth-order valence-electron chi connectivity index (χ4n) is 2.64. The SMILES string of the molecule is Oc1cccc2c1CCC2Nc1c(Cl)cc(F)cc1Cl. The molecule has 2 N–H and O–H groups in total. The maximum absolute atomic E-state index is 13.2. The molecule has 0 aromatic heterocycles. The van der Waals surface area contributed by atoms with E-state index >= 15 is 0 Å². The van der Waals surface area contributed by atoms with Gasteiger partial charge in [-0.3, -0.25) is 0 Å². The Hall–Kier alpha value is -1.45. The lowest BCUT2D eigenvalue weighted by Crippen LogP contribution is -2.08. The molecule has 0 heterocycles. The van der Waals surface area contributed by atoms with Gasteiger partial charge in [0.15, 0.2) is 0 Å². The number of phenolic OH excluding ortho intramolecular Hbond substituents is 1. The van der Waals surface area contributed by atoms with Crippen LogP contribution in [0, 0.1) is 5.82 Å². The number of anilines is 1. The molecular weight excluding hydrogens is 300 g/mol. The van der Waals surface area contributed by atoms with Gasteiger partial charge in [0.1, 0.15) is 11.6 Å². The van der Waals surface area contributed by atoms with Crippen molar-refractivity contribution in [1.29, 1.82) is 0 Å². The number of hydrogen-bond acceptors (Lipinski definition) is 2. The van der Waals surface area contributed by atoms with Gasteiger partial charge in [0, 0.05) is 0 Å². The zero-order chi connectivity index (χ0) is 14.3. The van der Waals surface area contributed by atoms with Gasteiger partial charge in [-0.2, -0.15) is 0 Å². The maximum Gasteiger partial charge on any atom is 0.126 e. The van der Waals surface area contributed by atoms with Crippen molar-refractivity contribution < 1.29 is 9.50 Å². The highest BCUT2D eigenvalue weighted by molar-refractivity contribution is 6.39. The summed E-state index contributed by atoms with van der Waals surface area (Å²) in [6.45, 7) is 0. The number of phenols is 1. The molecule has 5 heteroatoms. The highest BCUT2D eigenvalue weighted by Crippen LogP contribution is 2.41. The number of benzene rings is 2. The standard InChI is InChI=1S/C15H12Cl2FNO/c16-11-6-8(18)7-12(17)15(11)19-13-5-4-10-9(13)2-1-3-14(10)20/h1-3,6-7,13,19-20H,4-5H2. The van der Waals surface area contributed by atoms with Crippen LogP contribution in [0.25, 0.3) is 0 Å². The van der Waals surface area contributed by atoms with Gasteiger partial charge in [-0.25, -0.2) is 4.39 Å². The Morgan fingerprint density at radius 3 is 2.60 bits per heavy atom. The van der Waals surface area contributed by atoms with Crippen molar-refractivity contribution in [2.75, 3.05) is 5.32 Å². The molecule has 0 saturated heterocycles. The first kappa shape index (κ1) is 13.5. The summed E-state index contributed by atoms with van der Waals surface area (Å²) in [6.07, 6.45) is 1.62. The van der Waals surface area contributed by atoms with E-state index in [-0.39, 0.29) is 16.1 Å².